The van der Waals surface area contributed by atoms with E-state index in [0.717, 1.165) is 5.56 Å². The van der Waals surface area contributed by atoms with Crippen molar-refractivity contribution in [2.45, 2.75) is 33.2 Å². The lowest BCUT2D eigenvalue weighted by Gasteiger charge is -2.27. The van der Waals surface area contributed by atoms with E-state index >= 15 is 0 Å². The highest BCUT2D eigenvalue weighted by Gasteiger charge is 2.34. The molecule has 1 aromatic carbocycles. The molecule has 1 aromatic rings. The van der Waals surface area contributed by atoms with Crippen LogP contribution < -0.4 is 5.32 Å². The molecule has 19 heavy (non-hydrogen) atoms. The number of nitrogens with one attached hydrogen (secondary N) is 1. The molecule has 5 heteroatoms. The molecule has 1 rings (SSSR count). The monoisotopic (exact) mass is 331 g/mol. The molecule has 0 aliphatic rings. The van der Waals surface area contributed by atoms with Gasteiger partial charge in [-0.05, 0) is 46.5 Å². The zero-order valence-electron chi connectivity index (χ0n) is 11.2. The number of carbonyl (C=O) groups is 1. The molecule has 0 aromatic heterocycles. The third kappa shape index (κ3) is 4.01. The molecule has 0 saturated carbocycles. The van der Waals surface area contributed by atoms with Gasteiger partial charge in [0.15, 0.2) is 0 Å². The molecular formula is C14H19BrFNO2. The Morgan fingerprint density at radius 1 is 1.42 bits per heavy atom. The van der Waals surface area contributed by atoms with Gasteiger partial charge in [0.05, 0.1) is 9.89 Å². The minimum Gasteiger partial charge on any atom is -0.481 e. The van der Waals surface area contributed by atoms with E-state index in [1.807, 2.05) is 13.8 Å². The molecule has 0 spiro atoms. The molecule has 0 heterocycles. The van der Waals surface area contributed by atoms with Gasteiger partial charge >= 0.3 is 5.97 Å². The molecule has 2 N–H and O–H groups in total. The van der Waals surface area contributed by atoms with Gasteiger partial charge in [-0.2, -0.15) is 0 Å². The summed E-state index contributed by atoms with van der Waals surface area (Å²) in [6.07, 6.45) is 1.16. The number of benzene rings is 1. The zero-order chi connectivity index (χ0) is 14.5. The fourth-order valence-corrected chi connectivity index (χ4v) is 2.40. The largest absolute Gasteiger partial charge is 0.481 e. The molecule has 0 aliphatic heterocycles. The highest BCUT2D eigenvalue weighted by atomic mass is 79.9. The summed E-state index contributed by atoms with van der Waals surface area (Å²) in [5, 5.41) is 12.5. The fourth-order valence-electron chi connectivity index (χ4n) is 1.97. The van der Waals surface area contributed by atoms with E-state index < -0.39 is 11.4 Å². The van der Waals surface area contributed by atoms with Crippen molar-refractivity contribution in [1.29, 1.82) is 0 Å². The number of hydrogen-bond acceptors (Lipinski definition) is 2. The van der Waals surface area contributed by atoms with Gasteiger partial charge in [0, 0.05) is 13.1 Å². The molecule has 0 amide bonds. The SMILES string of the molecule is CCC(CC)(CNCc1ccc(F)c(Br)c1)C(=O)O. The summed E-state index contributed by atoms with van der Waals surface area (Å²) in [7, 11) is 0. The fraction of sp³-hybridized carbons (Fsp3) is 0.500. The first kappa shape index (κ1) is 16.1. The third-order valence-electron chi connectivity index (χ3n) is 3.58. The van der Waals surface area contributed by atoms with Crippen LogP contribution in [0.1, 0.15) is 32.3 Å². The van der Waals surface area contributed by atoms with E-state index in [9.17, 15) is 14.3 Å². The predicted octanol–water partition coefficient (Wildman–Crippen LogP) is 3.57. The average Bonchev–Trinajstić information content (AvgIpc) is 2.39. The van der Waals surface area contributed by atoms with Crippen LogP contribution in [0.5, 0.6) is 0 Å². The number of halogens is 2. The Bertz CT molecular complexity index is 447. The number of rotatable bonds is 7. The second-order valence-corrected chi connectivity index (χ2v) is 5.50. The Labute approximate surface area is 121 Å². The van der Waals surface area contributed by atoms with Crippen molar-refractivity contribution >= 4 is 21.9 Å². The maximum Gasteiger partial charge on any atom is 0.310 e. The van der Waals surface area contributed by atoms with Crippen LogP contribution in [0.4, 0.5) is 4.39 Å². The van der Waals surface area contributed by atoms with Crippen LogP contribution in [0, 0.1) is 11.2 Å². The van der Waals surface area contributed by atoms with Gasteiger partial charge in [0.2, 0.25) is 0 Å². The standard InChI is InChI=1S/C14H19BrFNO2/c1-3-14(4-2,13(18)19)9-17-8-10-5-6-12(16)11(15)7-10/h5-7,17H,3-4,8-9H2,1-2H3,(H,18,19). The quantitative estimate of drug-likeness (QED) is 0.803. The first-order chi connectivity index (χ1) is 8.95. The summed E-state index contributed by atoms with van der Waals surface area (Å²) < 4.78 is 13.5. The summed E-state index contributed by atoms with van der Waals surface area (Å²) in [6, 6.07) is 4.78. The smallest absolute Gasteiger partial charge is 0.310 e. The lowest BCUT2D eigenvalue weighted by Crippen LogP contribution is -2.40. The van der Waals surface area contributed by atoms with Gasteiger partial charge in [-0.3, -0.25) is 4.79 Å². The summed E-state index contributed by atoms with van der Waals surface area (Å²) in [5.41, 5.74) is 0.192. The van der Waals surface area contributed by atoms with Crippen molar-refractivity contribution in [3.63, 3.8) is 0 Å². The minimum atomic E-state index is -0.773. The molecule has 106 valence electrons. The Hall–Kier alpha value is -0.940. The Kier molecular flexibility index (Phi) is 5.94. The summed E-state index contributed by atoms with van der Waals surface area (Å²) in [5.74, 6) is -1.07. The lowest BCUT2D eigenvalue weighted by molar-refractivity contribution is -0.149. The average molecular weight is 332 g/mol. The van der Waals surface area contributed by atoms with E-state index in [-0.39, 0.29) is 5.82 Å². The second-order valence-electron chi connectivity index (χ2n) is 4.64. The van der Waals surface area contributed by atoms with Crippen LogP contribution in [-0.4, -0.2) is 17.6 Å². The molecule has 0 unspecified atom stereocenters. The number of aliphatic carboxylic acids is 1. The van der Waals surface area contributed by atoms with Crippen molar-refractivity contribution in [2.75, 3.05) is 6.54 Å². The highest BCUT2D eigenvalue weighted by molar-refractivity contribution is 9.10. The van der Waals surface area contributed by atoms with Crippen molar-refractivity contribution in [1.82, 2.24) is 5.32 Å². The molecule has 0 fully saturated rings. The predicted molar refractivity (Wildman–Crippen MR) is 76.5 cm³/mol. The third-order valence-corrected chi connectivity index (χ3v) is 4.19. The molecule has 0 saturated heterocycles. The van der Waals surface area contributed by atoms with Crippen LogP contribution in [0.2, 0.25) is 0 Å². The van der Waals surface area contributed by atoms with E-state index in [4.69, 9.17) is 0 Å². The molecule has 0 radical (unpaired) electrons. The first-order valence-corrected chi connectivity index (χ1v) is 7.12. The maximum atomic E-state index is 13.1. The van der Waals surface area contributed by atoms with Crippen LogP contribution in [0.15, 0.2) is 22.7 Å². The van der Waals surface area contributed by atoms with Crippen LogP contribution in [-0.2, 0) is 11.3 Å². The number of hydrogen-bond donors (Lipinski definition) is 2. The van der Waals surface area contributed by atoms with Crippen LogP contribution in [0.3, 0.4) is 0 Å². The van der Waals surface area contributed by atoms with Gasteiger partial charge in [-0.1, -0.05) is 19.9 Å². The van der Waals surface area contributed by atoms with Crippen molar-refractivity contribution in [3.05, 3.63) is 34.1 Å². The van der Waals surface area contributed by atoms with E-state index in [1.165, 1.54) is 6.07 Å². The minimum absolute atomic E-state index is 0.300. The summed E-state index contributed by atoms with van der Waals surface area (Å²) in [6.45, 7) is 4.69. The summed E-state index contributed by atoms with van der Waals surface area (Å²) >= 11 is 3.13. The van der Waals surface area contributed by atoms with Crippen molar-refractivity contribution < 1.29 is 14.3 Å². The second kappa shape index (κ2) is 7.01. The highest BCUT2D eigenvalue weighted by Crippen LogP contribution is 2.26. The number of carboxylic acids is 1. The van der Waals surface area contributed by atoms with Gasteiger partial charge < -0.3 is 10.4 Å². The molecule has 0 aliphatic carbocycles. The maximum absolute atomic E-state index is 13.1. The number of carboxylic acid groups (broad SMARTS) is 1. The Morgan fingerprint density at radius 3 is 2.53 bits per heavy atom. The van der Waals surface area contributed by atoms with Crippen LogP contribution in [0.25, 0.3) is 0 Å². The lowest BCUT2D eigenvalue weighted by atomic mass is 9.82. The summed E-state index contributed by atoms with van der Waals surface area (Å²) in [4.78, 5) is 11.3. The molecule has 0 bridgehead atoms. The normalized spacial score (nSPS) is 11.6. The Balaban J connectivity index is 2.61. The molecule has 3 nitrogen and oxygen atoms in total. The van der Waals surface area contributed by atoms with Gasteiger partial charge in [-0.25, -0.2) is 4.39 Å². The van der Waals surface area contributed by atoms with Gasteiger partial charge in [0.25, 0.3) is 0 Å². The van der Waals surface area contributed by atoms with Gasteiger partial charge in [0.1, 0.15) is 5.82 Å². The van der Waals surface area contributed by atoms with E-state index in [0.29, 0.717) is 30.4 Å². The Morgan fingerprint density at radius 2 is 2.05 bits per heavy atom. The van der Waals surface area contributed by atoms with Crippen molar-refractivity contribution in [2.24, 2.45) is 5.41 Å². The first-order valence-electron chi connectivity index (χ1n) is 6.33. The van der Waals surface area contributed by atoms with Gasteiger partial charge in [-0.15, -0.1) is 0 Å². The zero-order valence-corrected chi connectivity index (χ0v) is 12.8. The molecular weight excluding hydrogens is 313 g/mol. The van der Waals surface area contributed by atoms with E-state index in [2.05, 4.69) is 21.2 Å². The van der Waals surface area contributed by atoms with E-state index in [1.54, 1.807) is 12.1 Å². The molecule has 0 atom stereocenters. The van der Waals surface area contributed by atoms with Crippen LogP contribution >= 0.6 is 15.9 Å². The topological polar surface area (TPSA) is 49.3 Å². The van der Waals surface area contributed by atoms with Crippen molar-refractivity contribution in [3.8, 4) is 0 Å².